The SMILES string of the molecule is CCC(N)C1CCC(C(=O)N2CCC(C3CCCCC3)C2C=O)CC1. The van der Waals surface area contributed by atoms with Crippen LogP contribution in [0.15, 0.2) is 0 Å². The summed E-state index contributed by atoms with van der Waals surface area (Å²) in [6.45, 7) is 2.93. The van der Waals surface area contributed by atoms with Gasteiger partial charge in [0.15, 0.2) is 0 Å². The van der Waals surface area contributed by atoms with Crippen LogP contribution in [-0.2, 0) is 9.59 Å². The first-order valence-electron chi connectivity index (χ1n) is 10.7. The Morgan fingerprint density at radius 2 is 1.76 bits per heavy atom. The lowest BCUT2D eigenvalue weighted by Gasteiger charge is -2.35. The van der Waals surface area contributed by atoms with Gasteiger partial charge in [-0.15, -0.1) is 0 Å². The molecule has 3 atom stereocenters. The molecular formula is C21H36N2O2. The molecule has 4 nitrogen and oxygen atoms in total. The van der Waals surface area contributed by atoms with E-state index in [2.05, 4.69) is 6.92 Å². The third-order valence-electron chi connectivity index (χ3n) is 7.38. The first kappa shape index (κ1) is 18.9. The average molecular weight is 349 g/mol. The van der Waals surface area contributed by atoms with Gasteiger partial charge in [-0.05, 0) is 56.3 Å². The van der Waals surface area contributed by atoms with Crippen molar-refractivity contribution in [3.63, 3.8) is 0 Å². The van der Waals surface area contributed by atoms with E-state index in [1.54, 1.807) is 0 Å². The maximum Gasteiger partial charge on any atom is 0.226 e. The van der Waals surface area contributed by atoms with Crippen LogP contribution in [0.5, 0.6) is 0 Å². The lowest BCUT2D eigenvalue weighted by molar-refractivity contribution is -0.140. The van der Waals surface area contributed by atoms with E-state index < -0.39 is 0 Å². The Bertz CT molecular complexity index is 453. The van der Waals surface area contributed by atoms with E-state index in [1.165, 1.54) is 32.1 Å². The predicted molar refractivity (Wildman–Crippen MR) is 100.0 cm³/mol. The maximum absolute atomic E-state index is 13.1. The fourth-order valence-corrected chi connectivity index (χ4v) is 5.71. The number of amides is 1. The monoisotopic (exact) mass is 348 g/mol. The lowest BCUT2D eigenvalue weighted by atomic mass is 9.76. The molecule has 0 radical (unpaired) electrons. The molecule has 3 unspecified atom stereocenters. The highest BCUT2D eigenvalue weighted by atomic mass is 16.2. The summed E-state index contributed by atoms with van der Waals surface area (Å²) in [4.78, 5) is 26.8. The molecule has 2 N–H and O–H groups in total. The van der Waals surface area contributed by atoms with Gasteiger partial charge in [-0.1, -0.05) is 39.0 Å². The normalized spacial score (nSPS) is 35.5. The van der Waals surface area contributed by atoms with Crippen molar-refractivity contribution < 1.29 is 9.59 Å². The predicted octanol–water partition coefficient (Wildman–Crippen LogP) is 3.53. The Morgan fingerprint density at radius 3 is 2.36 bits per heavy atom. The number of hydrogen-bond acceptors (Lipinski definition) is 3. The second kappa shape index (κ2) is 8.66. The van der Waals surface area contributed by atoms with Crippen molar-refractivity contribution in [2.24, 2.45) is 29.4 Å². The number of rotatable bonds is 5. The topological polar surface area (TPSA) is 63.4 Å². The molecule has 25 heavy (non-hydrogen) atoms. The molecule has 0 aromatic carbocycles. The molecule has 0 aromatic rings. The highest BCUT2D eigenvalue weighted by Gasteiger charge is 2.43. The minimum absolute atomic E-state index is 0.118. The number of hydrogen-bond donors (Lipinski definition) is 1. The van der Waals surface area contributed by atoms with E-state index in [9.17, 15) is 9.59 Å². The van der Waals surface area contributed by atoms with Crippen LogP contribution >= 0.6 is 0 Å². The molecule has 1 amide bonds. The summed E-state index contributed by atoms with van der Waals surface area (Å²) in [6, 6.07) is 0.118. The van der Waals surface area contributed by atoms with Crippen molar-refractivity contribution in [3.8, 4) is 0 Å². The van der Waals surface area contributed by atoms with Gasteiger partial charge < -0.3 is 15.4 Å². The van der Waals surface area contributed by atoms with E-state index in [-0.39, 0.29) is 23.9 Å². The zero-order valence-corrected chi connectivity index (χ0v) is 15.9. The molecule has 1 aliphatic heterocycles. The summed E-state index contributed by atoms with van der Waals surface area (Å²) in [7, 11) is 0. The summed E-state index contributed by atoms with van der Waals surface area (Å²) < 4.78 is 0. The third-order valence-corrected chi connectivity index (χ3v) is 7.38. The summed E-state index contributed by atoms with van der Waals surface area (Å²) in [5.74, 6) is 2.00. The number of carbonyl (C=O) groups is 2. The number of carbonyl (C=O) groups excluding carboxylic acids is 2. The minimum atomic E-state index is -0.161. The number of aldehydes is 1. The molecule has 0 bridgehead atoms. The van der Waals surface area contributed by atoms with Gasteiger partial charge in [0.2, 0.25) is 5.91 Å². The molecule has 1 saturated heterocycles. The first-order chi connectivity index (χ1) is 12.2. The fourth-order valence-electron chi connectivity index (χ4n) is 5.71. The second-order valence-electron chi connectivity index (χ2n) is 8.69. The van der Waals surface area contributed by atoms with Gasteiger partial charge in [0, 0.05) is 18.5 Å². The van der Waals surface area contributed by atoms with Gasteiger partial charge in [0.05, 0.1) is 6.04 Å². The number of nitrogens with zero attached hydrogens (tertiary/aromatic N) is 1. The van der Waals surface area contributed by atoms with E-state index in [4.69, 9.17) is 5.73 Å². The maximum atomic E-state index is 13.1. The zero-order valence-electron chi connectivity index (χ0n) is 15.9. The quantitative estimate of drug-likeness (QED) is 0.773. The number of likely N-dealkylation sites (tertiary alicyclic amines) is 1. The van der Waals surface area contributed by atoms with Gasteiger partial charge in [-0.25, -0.2) is 0 Å². The molecular weight excluding hydrogens is 312 g/mol. The van der Waals surface area contributed by atoms with Crippen molar-refractivity contribution in [2.45, 2.75) is 89.6 Å². The smallest absolute Gasteiger partial charge is 0.226 e. The van der Waals surface area contributed by atoms with Crippen LogP contribution in [0.3, 0.4) is 0 Å². The standard InChI is InChI=1S/C21H36N2O2/c1-2-19(22)16-8-10-17(11-9-16)21(25)23-13-12-18(20(23)14-24)15-6-4-3-5-7-15/h14-20H,2-13,22H2,1H3. The second-order valence-corrected chi connectivity index (χ2v) is 8.69. The summed E-state index contributed by atoms with van der Waals surface area (Å²) in [5, 5.41) is 0. The molecule has 1 heterocycles. The van der Waals surface area contributed by atoms with Gasteiger partial charge >= 0.3 is 0 Å². The molecule has 3 rings (SSSR count). The van der Waals surface area contributed by atoms with Crippen LogP contribution in [0.2, 0.25) is 0 Å². The summed E-state index contributed by atoms with van der Waals surface area (Å²) >= 11 is 0. The number of nitrogens with two attached hydrogens (primary N) is 1. The van der Waals surface area contributed by atoms with Crippen LogP contribution < -0.4 is 5.73 Å². The molecule has 3 aliphatic rings. The van der Waals surface area contributed by atoms with Gasteiger partial charge in [-0.2, -0.15) is 0 Å². The average Bonchev–Trinajstić information content (AvgIpc) is 3.11. The van der Waals surface area contributed by atoms with Crippen molar-refractivity contribution in [1.82, 2.24) is 4.90 Å². The lowest BCUT2D eigenvalue weighted by Crippen LogP contribution is -2.45. The highest BCUT2D eigenvalue weighted by molar-refractivity contribution is 5.82. The van der Waals surface area contributed by atoms with E-state index in [0.717, 1.165) is 51.4 Å². The molecule has 2 saturated carbocycles. The molecule has 4 heteroatoms. The van der Waals surface area contributed by atoms with E-state index >= 15 is 0 Å². The molecule has 3 fully saturated rings. The van der Waals surface area contributed by atoms with Gasteiger partial charge in [0.1, 0.15) is 6.29 Å². The molecule has 0 aromatic heterocycles. The van der Waals surface area contributed by atoms with Crippen LogP contribution in [0, 0.1) is 23.7 Å². The Kier molecular flexibility index (Phi) is 6.54. The van der Waals surface area contributed by atoms with Crippen molar-refractivity contribution >= 4 is 12.2 Å². The largest absolute Gasteiger partial charge is 0.332 e. The zero-order chi connectivity index (χ0) is 17.8. The Morgan fingerprint density at radius 1 is 1.08 bits per heavy atom. The van der Waals surface area contributed by atoms with Crippen molar-refractivity contribution in [3.05, 3.63) is 0 Å². The third kappa shape index (κ3) is 4.10. The summed E-state index contributed by atoms with van der Waals surface area (Å²) in [5.41, 5.74) is 6.19. The van der Waals surface area contributed by atoms with E-state index in [1.807, 2.05) is 4.90 Å². The summed E-state index contributed by atoms with van der Waals surface area (Å²) in [6.07, 6.45) is 13.6. The van der Waals surface area contributed by atoms with Crippen LogP contribution in [-0.4, -0.2) is 35.7 Å². The van der Waals surface area contributed by atoms with Crippen molar-refractivity contribution in [2.75, 3.05) is 6.54 Å². The Labute approximate surface area is 152 Å². The van der Waals surface area contributed by atoms with Gasteiger partial charge in [0.25, 0.3) is 0 Å². The van der Waals surface area contributed by atoms with Crippen LogP contribution in [0.4, 0.5) is 0 Å². The Balaban J connectivity index is 1.58. The highest BCUT2D eigenvalue weighted by Crippen LogP contribution is 2.40. The molecule has 0 spiro atoms. The van der Waals surface area contributed by atoms with Crippen molar-refractivity contribution in [1.29, 1.82) is 0 Å². The molecule has 142 valence electrons. The van der Waals surface area contributed by atoms with Crippen LogP contribution in [0.1, 0.15) is 77.6 Å². The van der Waals surface area contributed by atoms with Gasteiger partial charge in [-0.3, -0.25) is 4.79 Å². The fraction of sp³-hybridized carbons (Fsp3) is 0.905. The Hall–Kier alpha value is -0.900. The molecule has 2 aliphatic carbocycles. The minimum Gasteiger partial charge on any atom is -0.332 e. The first-order valence-corrected chi connectivity index (χ1v) is 10.7. The van der Waals surface area contributed by atoms with Crippen LogP contribution in [0.25, 0.3) is 0 Å². The van der Waals surface area contributed by atoms with E-state index in [0.29, 0.717) is 17.8 Å².